The zero-order chi connectivity index (χ0) is 24.9. The summed E-state index contributed by atoms with van der Waals surface area (Å²) in [5, 5.41) is 12.3. The minimum Gasteiger partial charge on any atom is -0.480 e. The highest BCUT2D eigenvalue weighted by Gasteiger charge is 2.29. The first-order valence-electron chi connectivity index (χ1n) is 11.4. The number of hydrogen-bond acceptors (Lipinski definition) is 6. The lowest BCUT2D eigenvalue weighted by Gasteiger charge is -2.23. The molecule has 1 unspecified atom stereocenters. The van der Waals surface area contributed by atoms with Crippen molar-refractivity contribution in [3.05, 3.63) is 70.7 Å². The molecule has 182 valence electrons. The first-order chi connectivity index (χ1) is 16.9. The van der Waals surface area contributed by atoms with E-state index < -0.39 is 18.1 Å². The van der Waals surface area contributed by atoms with Gasteiger partial charge in [0.1, 0.15) is 12.6 Å². The van der Waals surface area contributed by atoms with Gasteiger partial charge in [-0.25, -0.2) is 14.6 Å². The molecule has 0 saturated heterocycles. The second kappa shape index (κ2) is 10.7. The van der Waals surface area contributed by atoms with Gasteiger partial charge in [-0.3, -0.25) is 10.1 Å². The molecule has 35 heavy (non-hydrogen) atoms. The number of fused-ring (bicyclic) bond motifs is 3. The minimum atomic E-state index is -1.02. The molecule has 2 N–H and O–H groups in total. The van der Waals surface area contributed by atoms with Crippen molar-refractivity contribution < 1.29 is 24.2 Å². The summed E-state index contributed by atoms with van der Waals surface area (Å²) in [6, 6.07) is 15.4. The number of nitrogens with one attached hydrogen (secondary N) is 1. The van der Waals surface area contributed by atoms with Crippen molar-refractivity contribution in [2.45, 2.75) is 38.1 Å². The number of amides is 2. The number of nitrogens with zero attached hydrogens (tertiary/aromatic N) is 2. The molecule has 0 fully saturated rings. The molecule has 1 aromatic heterocycles. The van der Waals surface area contributed by atoms with Crippen molar-refractivity contribution in [1.29, 1.82) is 0 Å². The van der Waals surface area contributed by atoms with Gasteiger partial charge in [-0.1, -0.05) is 55.5 Å². The fourth-order valence-corrected chi connectivity index (χ4v) is 5.19. The number of aliphatic carboxylic acids is 1. The van der Waals surface area contributed by atoms with Crippen LogP contribution in [0, 0.1) is 0 Å². The lowest BCUT2D eigenvalue weighted by Crippen LogP contribution is -2.42. The molecule has 0 aliphatic heterocycles. The molecule has 1 atom stereocenters. The normalized spacial score (nSPS) is 13.0. The maximum Gasteiger partial charge on any atom is 0.413 e. The van der Waals surface area contributed by atoms with Crippen LogP contribution in [0.5, 0.6) is 0 Å². The number of benzene rings is 2. The molecule has 8 nitrogen and oxygen atoms in total. The minimum absolute atomic E-state index is 0.0271. The van der Waals surface area contributed by atoms with Crippen molar-refractivity contribution in [1.82, 2.24) is 9.88 Å². The van der Waals surface area contributed by atoms with Gasteiger partial charge in [0.25, 0.3) is 0 Å². The van der Waals surface area contributed by atoms with Crippen molar-refractivity contribution in [3.8, 4) is 11.1 Å². The first kappa shape index (κ1) is 24.4. The molecular weight excluding hydrogens is 466 g/mol. The average molecular weight is 494 g/mol. The highest BCUT2D eigenvalue weighted by Crippen LogP contribution is 2.44. The summed E-state index contributed by atoms with van der Waals surface area (Å²) < 4.78 is 5.54. The van der Waals surface area contributed by atoms with Gasteiger partial charge in [0, 0.05) is 30.5 Å². The number of carboxylic acid groups (broad SMARTS) is 1. The summed E-state index contributed by atoms with van der Waals surface area (Å²) >= 11 is 1.26. The fraction of sp³-hybridized carbons (Fsp3) is 0.308. The number of hydrogen-bond donors (Lipinski definition) is 2. The lowest BCUT2D eigenvalue weighted by molar-refractivity contribution is -0.149. The van der Waals surface area contributed by atoms with Gasteiger partial charge < -0.3 is 14.7 Å². The van der Waals surface area contributed by atoms with Gasteiger partial charge in [-0.15, -0.1) is 11.3 Å². The van der Waals surface area contributed by atoms with Gasteiger partial charge >= 0.3 is 12.1 Å². The first-order valence-corrected chi connectivity index (χ1v) is 12.3. The second-order valence-corrected chi connectivity index (χ2v) is 9.46. The average Bonchev–Trinajstić information content (AvgIpc) is 3.43. The van der Waals surface area contributed by atoms with Crippen LogP contribution in [0.4, 0.5) is 9.93 Å². The van der Waals surface area contributed by atoms with Gasteiger partial charge in [-0.05, 0) is 35.1 Å². The Morgan fingerprint density at radius 2 is 1.74 bits per heavy atom. The Morgan fingerprint density at radius 1 is 1.11 bits per heavy atom. The maximum atomic E-state index is 12.4. The Labute approximate surface area is 207 Å². The quantitative estimate of drug-likeness (QED) is 0.445. The summed E-state index contributed by atoms with van der Waals surface area (Å²) in [5.41, 5.74) is 4.60. The number of carbonyl (C=O) groups is 3. The summed E-state index contributed by atoms with van der Waals surface area (Å²) in [5.74, 6) is -1.30. The molecule has 0 bridgehead atoms. The molecular formula is C26H27N3O5S. The van der Waals surface area contributed by atoms with E-state index in [-0.39, 0.29) is 24.9 Å². The van der Waals surface area contributed by atoms with Gasteiger partial charge in [0.15, 0.2) is 5.13 Å². The predicted molar refractivity (Wildman–Crippen MR) is 134 cm³/mol. The molecule has 0 radical (unpaired) electrons. The zero-order valence-electron chi connectivity index (χ0n) is 19.6. The Kier molecular flexibility index (Phi) is 7.45. The van der Waals surface area contributed by atoms with E-state index in [1.807, 2.05) is 24.3 Å². The number of ether oxygens (including phenoxy) is 1. The van der Waals surface area contributed by atoms with Crippen LogP contribution in [0.15, 0.2) is 54.7 Å². The highest BCUT2D eigenvalue weighted by molar-refractivity contribution is 7.15. The molecule has 0 saturated carbocycles. The third-order valence-electron chi connectivity index (χ3n) is 6.22. The fourth-order valence-electron chi connectivity index (χ4n) is 4.40. The molecule has 1 aliphatic rings. The molecule has 4 rings (SSSR count). The lowest BCUT2D eigenvalue weighted by atomic mass is 9.98. The molecule has 1 aliphatic carbocycles. The zero-order valence-corrected chi connectivity index (χ0v) is 20.4. The van der Waals surface area contributed by atoms with Crippen LogP contribution >= 0.6 is 11.3 Å². The highest BCUT2D eigenvalue weighted by atomic mass is 32.1. The van der Waals surface area contributed by atoms with Crippen LogP contribution in [0.1, 0.15) is 41.7 Å². The van der Waals surface area contributed by atoms with E-state index >= 15 is 0 Å². The summed E-state index contributed by atoms with van der Waals surface area (Å²) in [6.07, 6.45) is 1.92. The van der Waals surface area contributed by atoms with Crippen molar-refractivity contribution in [3.63, 3.8) is 0 Å². The molecule has 2 aromatic carbocycles. The number of aromatic nitrogens is 1. The molecule has 0 spiro atoms. The predicted octanol–water partition coefficient (Wildman–Crippen LogP) is 4.76. The second-order valence-electron chi connectivity index (χ2n) is 8.35. The Balaban J connectivity index is 1.30. The Morgan fingerprint density at radius 3 is 2.34 bits per heavy atom. The topological polar surface area (TPSA) is 109 Å². The third kappa shape index (κ3) is 5.35. The van der Waals surface area contributed by atoms with Crippen molar-refractivity contribution in [2.75, 3.05) is 19.0 Å². The number of carboxylic acids is 1. The van der Waals surface area contributed by atoms with E-state index in [1.54, 1.807) is 13.1 Å². The van der Waals surface area contributed by atoms with Crippen LogP contribution in [-0.2, 0) is 20.7 Å². The van der Waals surface area contributed by atoms with E-state index in [4.69, 9.17) is 4.74 Å². The van der Waals surface area contributed by atoms with E-state index in [1.165, 1.54) is 23.3 Å². The SMILES string of the molecule is CCC(C(=O)O)N(C)C(=O)CCc1cnc(NC(=O)OCC2c3ccccc3-c3ccccc32)s1. The number of anilines is 1. The van der Waals surface area contributed by atoms with Crippen LogP contribution in [-0.4, -0.2) is 52.7 Å². The van der Waals surface area contributed by atoms with E-state index in [0.29, 0.717) is 18.0 Å². The number of thiazole rings is 1. The van der Waals surface area contributed by atoms with Crippen LogP contribution in [0.2, 0.25) is 0 Å². The number of carbonyl (C=O) groups excluding carboxylic acids is 2. The van der Waals surface area contributed by atoms with Gasteiger partial charge in [-0.2, -0.15) is 0 Å². The number of likely N-dealkylation sites (N-methyl/N-ethyl adjacent to an activating group) is 1. The van der Waals surface area contributed by atoms with Crippen LogP contribution < -0.4 is 5.32 Å². The molecule has 1 heterocycles. The molecule has 9 heteroatoms. The monoisotopic (exact) mass is 493 g/mol. The van der Waals surface area contributed by atoms with Gasteiger partial charge in [0.05, 0.1) is 0 Å². The maximum absolute atomic E-state index is 12.4. The number of aryl methyl sites for hydroxylation is 1. The molecule has 2 amide bonds. The summed E-state index contributed by atoms with van der Waals surface area (Å²) in [6.45, 7) is 1.94. The van der Waals surface area contributed by atoms with E-state index in [2.05, 4.69) is 34.6 Å². The van der Waals surface area contributed by atoms with E-state index in [0.717, 1.165) is 27.1 Å². The standard InChI is InChI=1S/C26H27N3O5S/c1-3-22(24(31)32)29(2)23(30)13-12-16-14-27-25(35-16)28-26(33)34-15-21-19-10-6-4-8-17(19)18-9-5-7-11-20(18)21/h4-11,14,21-22H,3,12-13,15H2,1-2H3,(H,31,32)(H,27,28,33). The number of rotatable bonds is 9. The summed E-state index contributed by atoms with van der Waals surface area (Å²) in [4.78, 5) is 42.3. The Bertz CT molecular complexity index is 1200. The van der Waals surface area contributed by atoms with Crippen LogP contribution in [0.3, 0.4) is 0 Å². The van der Waals surface area contributed by atoms with Crippen molar-refractivity contribution >= 4 is 34.4 Å². The largest absolute Gasteiger partial charge is 0.480 e. The van der Waals surface area contributed by atoms with Gasteiger partial charge in [0.2, 0.25) is 5.91 Å². The summed E-state index contributed by atoms with van der Waals surface area (Å²) in [7, 11) is 1.50. The smallest absolute Gasteiger partial charge is 0.413 e. The van der Waals surface area contributed by atoms with Crippen LogP contribution in [0.25, 0.3) is 11.1 Å². The van der Waals surface area contributed by atoms with Crippen molar-refractivity contribution in [2.24, 2.45) is 0 Å². The van der Waals surface area contributed by atoms with E-state index in [9.17, 15) is 19.5 Å². The Hall–Kier alpha value is -3.72. The third-order valence-corrected chi connectivity index (χ3v) is 7.20. The molecule has 3 aromatic rings.